The van der Waals surface area contributed by atoms with Gasteiger partial charge in [0.25, 0.3) is 0 Å². The molecule has 3 rings (SSSR count). The number of ether oxygens (including phenoxy) is 1. The molecule has 2 unspecified atom stereocenters. The molecule has 0 aliphatic rings. The second-order valence-corrected chi connectivity index (χ2v) is 9.73. The highest BCUT2D eigenvalue weighted by Crippen LogP contribution is 2.32. The predicted octanol–water partition coefficient (Wildman–Crippen LogP) is 8.60. The van der Waals surface area contributed by atoms with E-state index >= 15 is 0 Å². The smallest absolute Gasteiger partial charge is 0.193 e. The van der Waals surface area contributed by atoms with E-state index in [9.17, 15) is 0 Å². The second-order valence-electron chi connectivity index (χ2n) is 8.89. The van der Waals surface area contributed by atoms with Crippen LogP contribution < -0.4 is 4.74 Å². The molecule has 2 aromatic heterocycles. The van der Waals surface area contributed by atoms with E-state index in [-0.39, 0.29) is 0 Å². The molecule has 0 aliphatic heterocycles. The molecule has 0 saturated carbocycles. The fourth-order valence-electron chi connectivity index (χ4n) is 4.45. The summed E-state index contributed by atoms with van der Waals surface area (Å²) in [4.78, 5) is 5.56. The summed E-state index contributed by atoms with van der Waals surface area (Å²) in [5.41, 5.74) is 2.87. The van der Waals surface area contributed by atoms with Gasteiger partial charge in [-0.05, 0) is 49.3 Å². The van der Waals surface area contributed by atoms with E-state index in [0.29, 0.717) is 11.8 Å². The SMILES string of the molecule is CCCCCCCOc1ccc(C(C)CCCC(CCC)c2csc3nccn23)cc1. The average molecular weight is 441 g/mol. The summed E-state index contributed by atoms with van der Waals surface area (Å²) in [5.74, 6) is 2.23. The maximum absolute atomic E-state index is 5.92. The maximum atomic E-state index is 5.92. The molecule has 4 heteroatoms. The lowest BCUT2D eigenvalue weighted by Crippen LogP contribution is -2.03. The molecule has 3 nitrogen and oxygen atoms in total. The lowest BCUT2D eigenvalue weighted by molar-refractivity contribution is 0.304. The summed E-state index contributed by atoms with van der Waals surface area (Å²) < 4.78 is 8.21. The van der Waals surface area contributed by atoms with E-state index in [1.807, 2.05) is 6.20 Å². The highest BCUT2D eigenvalue weighted by Gasteiger charge is 2.16. The average Bonchev–Trinajstić information content (AvgIpc) is 3.40. The van der Waals surface area contributed by atoms with Crippen LogP contribution in [0.3, 0.4) is 0 Å². The summed E-state index contributed by atoms with van der Waals surface area (Å²) in [5, 5.41) is 2.31. The van der Waals surface area contributed by atoms with Crippen molar-refractivity contribution in [2.24, 2.45) is 0 Å². The number of benzene rings is 1. The molecule has 2 heterocycles. The van der Waals surface area contributed by atoms with E-state index in [2.05, 4.69) is 66.0 Å². The van der Waals surface area contributed by atoms with Crippen LogP contribution in [-0.2, 0) is 0 Å². The highest BCUT2D eigenvalue weighted by atomic mass is 32.1. The summed E-state index contributed by atoms with van der Waals surface area (Å²) in [7, 11) is 0. The lowest BCUT2D eigenvalue weighted by Gasteiger charge is -2.18. The van der Waals surface area contributed by atoms with Crippen LogP contribution in [0, 0.1) is 0 Å². The predicted molar refractivity (Wildman–Crippen MR) is 134 cm³/mol. The van der Waals surface area contributed by atoms with Crippen LogP contribution in [0.25, 0.3) is 4.96 Å². The zero-order valence-corrected chi connectivity index (χ0v) is 20.5. The molecule has 0 fully saturated rings. The first-order valence-electron chi connectivity index (χ1n) is 12.4. The fraction of sp³-hybridized carbons (Fsp3) is 0.593. The zero-order valence-electron chi connectivity index (χ0n) is 19.7. The van der Waals surface area contributed by atoms with Crippen molar-refractivity contribution in [3.05, 3.63) is 53.3 Å². The molecule has 31 heavy (non-hydrogen) atoms. The number of imidazole rings is 1. The van der Waals surface area contributed by atoms with Crippen LogP contribution >= 0.6 is 11.3 Å². The molecule has 170 valence electrons. The Morgan fingerprint density at radius 1 is 0.935 bits per heavy atom. The first-order valence-corrected chi connectivity index (χ1v) is 13.2. The van der Waals surface area contributed by atoms with Gasteiger partial charge < -0.3 is 4.74 Å². The van der Waals surface area contributed by atoms with E-state index in [0.717, 1.165) is 23.7 Å². The fourth-order valence-corrected chi connectivity index (χ4v) is 5.38. The Labute approximate surface area is 192 Å². The number of unbranched alkanes of at least 4 members (excludes halogenated alkanes) is 4. The molecule has 0 radical (unpaired) electrons. The monoisotopic (exact) mass is 440 g/mol. The van der Waals surface area contributed by atoms with Gasteiger partial charge in [0.1, 0.15) is 5.75 Å². The van der Waals surface area contributed by atoms with Gasteiger partial charge in [-0.2, -0.15) is 0 Å². The Morgan fingerprint density at radius 2 is 1.74 bits per heavy atom. The quantitative estimate of drug-likeness (QED) is 0.221. The molecule has 3 aromatic rings. The van der Waals surface area contributed by atoms with Crippen molar-refractivity contribution < 1.29 is 4.74 Å². The molecule has 0 N–H and O–H groups in total. The topological polar surface area (TPSA) is 26.5 Å². The Morgan fingerprint density at radius 3 is 2.52 bits per heavy atom. The van der Waals surface area contributed by atoms with E-state index < -0.39 is 0 Å². The third-order valence-corrected chi connectivity index (χ3v) is 7.25. The van der Waals surface area contributed by atoms with Gasteiger partial charge in [0.15, 0.2) is 4.96 Å². The summed E-state index contributed by atoms with van der Waals surface area (Å²) in [6.07, 6.45) is 16.7. The van der Waals surface area contributed by atoms with Crippen molar-refractivity contribution in [2.45, 2.75) is 96.8 Å². The first kappa shape index (κ1) is 23.8. The van der Waals surface area contributed by atoms with Gasteiger partial charge in [0, 0.05) is 29.4 Å². The van der Waals surface area contributed by atoms with Gasteiger partial charge in [0.2, 0.25) is 0 Å². The number of fused-ring (bicyclic) bond motifs is 1. The van der Waals surface area contributed by atoms with Crippen LogP contribution in [0.15, 0.2) is 42.0 Å². The van der Waals surface area contributed by atoms with Gasteiger partial charge in [0.05, 0.1) is 6.61 Å². The lowest BCUT2D eigenvalue weighted by atomic mass is 9.90. The van der Waals surface area contributed by atoms with Crippen molar-refractivity contribution in [3.63, 3.8) is 0 Å². The molecule has 0 bridgehead atoms. The van der Waals surface area contributed by atoms with E-state index in [1.54, 1.807) is 11.3 Å². The van der Waals surface area contributed by atoms with Crippen molar-refractivity contribution >= 4 is 16.3 Å². The third kappa shape index (κ3) is 7.10. The largest absolute Gasteiger partial charge is 0.494 e. The third-order valence-electron chi connectivity index (χ3n) is 6.38. The van der Waals surface area contributed by atoms with Crippen molar-refractivity contribution in [1.82, 2.24) is 9.38 Å². The highest BCUT2D eigenvalue weighted by molar-refractivity contribution is 7.15. The van der Waals surface area contributed by atoms with Crippen LogP contribution in [-0.4, -0.2) is 16.0 Å². The van der Waals surface area contributed by atoms with E-state index in [4.69, 9.17) is 4.74 Å². The molecule has 2 atom stereocenters. The summed E-state index contributed by atoms with van der Waals surface area (Å²) in [6.45, 7) is 7.74. The van der Waals surface area contributed by atoms with E-state index in [1.165, 1.54) is 69.0 Å². The number of hydrogen-bond donors (Lipinski definition) is 0. The number of thiazole rings is 1. The van der Waals surface area contributed by atoms with Gasteiger partial charge in [-0.1, -0.05) is 71.4 Å². The van der Waals surface area contributed by atoms with Crippen molar-refractivity contribution in [2.75, 3.05) is 6.61 Å². The minimum Gasteiger partial charge on any atom is -0.494 e. The number of rotatable bonds is 15. The molecule has 0 saturated heterocycles. The van der Waals surface area contributed by atoms with Crippen molar-refractivity contribution in [3.8, 4) is 5.75 Å². The Bertz CT molecular complexity index is 867. The maximum Gasteiger partial charge on any atom is 0.193 e. The number of aromatic nitrogens is 2. The Hall–Kier alpha value is -1.81. The normalized spacial score (nSPS) is 13.5. The molecule has 1 aromatic carbocycles. The van der Waals surface area contributed by atoms with Crippen LogP contribution in [0.2, 0.25) is 0 Å². The standard InChI is InChI=1S/C27H40N2OS/c1-4-6-7-8-9-20-30-25-16-14-23(15-17-25)22(3)12-10-13-24(11-5-2)26-21-31-27-28-18-19-29(26)27/h14-19,21-22,24H,4-13,20H2,1-3H3. The van der Waals surface area contributed by atoms with Gasteiger partial charge in [-0.15, -0.1) is 11.3 Å². The van der Waals surface area contributed by atoms with Gasteiger partial charge >= 0.3 is 0 Å². The number of hydrogen-bond acceptors (Lipinski definition) is 3. The molecule has 0 amide bonds. The van der Waals surface area contributed by atoms with Gasteiger partial charge in [-0.3, -0.25) is 4.40 Å². The van der Waals surface area contributed by atoms with Crippen LogP contribution in [0.1, 0.15) is 108 Å². The van der Waals surface area contributed by atoms with Crippen LogP contribution in [0.4, 0.5) is 0 Å². The first-order chi connectivity index (χ1) is 15.2. The molecular weight excluding hydrogens is 400 g/mol. The van der Waals surface area contributed by atoms with Crippen LogP contribution in [0.5, 0.6) is 5.75 Å². The second kappa shape index (κ2) is 12.9. The Balaban J connectivity index is 1.43. The molecule has 0 aliphatic carbocycles. The zero-order chi connectivity index (χ0) is 21.9. The summed E-state index contributed by atoms with van der Waals surface area (Å²) in [6, 6.07) is 8.82. The van der Waals surface area contributed by atoms with Crippen molar-refractivity contribution in [1.29, 1.82) is 0 Å². The molecular formula is C27H40N2OS. The summed E-state index contributed by atoms with van der Waals surface area (Å²) >= 11 is 1.76. The Kier molecular flexibility index (Phi) is 9.92. The molecule has 0 spiro atoms. The minimum absolute atomic E-state index is 0.584. The minimum atomic E-state index is 0.584. The van der Waals surface area contributed by atoms with Gasteiger partial charge in [-0.25, -0.2) is 4.98 Å². The number of nitrogens with zero attached hydrogens (tertiary/aromatic N) is 2.